The molecule has 0 amide bonds. The van der Waals surface area contributed by atoms with Crippen molar-refractivity contribution in [3.63, 3.8) is 0 Å². The summed E-state index contributed by atoms with van der Waals surface area (Å²) in [5.41, 5.74) is 15.6. The molecule has 4 rings (SSSR count). The third-order valence-electron chi connectivity index (χ3n) is 8.35. The van der Waals surface area contributed by atoms with E-state index >= 15 is 0 Å². The van der Waals surface area contributed by atoms with Crippen LogP contribution in [0.3, 0.4) is 0 Å². The van der Waals surface area contributed by atoms with Crippen molar-refractivity contribution in [2.75, 3.05) is 0 Å². The van der Waals surface area contributed by atoms with Gasteiger partial charge in [0.2, 0.25) is 0 Å². The number of fused-ring (bicyclic) bond motifs is 2. The molecule has 2 aromatic rings. The minimum atomic E-state index is -1.25. The maximum atomic E-state index is 2.71. The Bertz CT molecular complexity index is 1130. The van der Waals surface area contributed by atoms with Crippen molar-refractivity contribution in [1.29, 1.82) is 0 Å². The van der Waals surface area contributed by atoms with Gasteiger partial charge in [-0.2, -0.15) is 0 Å². The van der Waals surface area contributed by atoms with E-state index in [4.69, 9.17) is 0 Å². The molecule has 0 N–H and O–H groups in total. The van der Waals surface area contributed by atoms with Crippen LogP contribution in [0.2, 0.25) is 0 Å². The Morgan fingerprint density at radius 3 is 1.08 bits per heavy atom. The molecule has 0 spiro atoms. The van der Waals surface area contributed by atoms with E-state index in [-0.39, 0.29) is 40.7 Å². The molecule has 2 aliphatic carbocycles. The summed E-state index contributed by atoms with van der Waals surface area (Å²) in [6.07, 6.45) is 5.41. The Labute approximate surface area is 266 Å². The number of aryl methyl sites for hydroxylation is 4. The largest absolute Gasteiger partial charge is 1.00 e. The van der Waals surface area contributed by atoms with Crippen molar-refractivity contribution in [2.24, 2.45) is 0 Å². The number of allylic oxidation sites excluding steroid dienone is 2. The van der Waals surface area contributed by atoms with E-state index in [0.29, 0.717) is 0 Å². The SMILES string of the molecule is Cc1ccc(C)c2c1C=C(P(C(C)C)C(C)C)[CH]2[Hf+2][CH]1C(P(C(C)C)C(C)C)=Cc2c(C)ccc(C)c21.[Cl-].[Cl-]. The molecular formula is C34H48Cl2HfP2. The molecule has 0 fully saturated rings. The van der Waals surface area contributed by atoms with E-state index in [1.807, 2.05) is 10.6 Å². The smallest absolute Gasteiger partial charge is 1.00 e. The molecule has 2 aliphatic rings. The molecule has 0 bridgehead atoms. The fraction of sp³-hybridized carbons (Fsp3) is 0.529. The van der Waals surface area contributed by atoms with Crippen LogP contribution in [0.1, 0.15) is 107 Å². The van der Waals surface area contributed by atoms with Gasteiger partial charge >= 0.3 is 243 Å². The maximum Gasteiger partial charge on any atom is -1.00 e. The van der Waals surface area contributed by atoms with Gasteiger partial charge in [0.25, 0.3) is 0 Å². The molecule has 0 aliphatic heterocycles. The van der Waals surface area contributed by atoms with E-state index in [1.54, 1.807) is 22.3 Å². The van der Waals surface area contributed by atoms with Gasteiger partial charge in [-0.3, -0.25) is 0 Å². The van der Waals surface area contributed by atoms with Gasteiger partial charge in [-0.1, -0.05) is 0 Å². The van der Waals surface area contributed by atoms with Crippen molar-refractivity contribution in [3.8, 4) is 0 Å². The molecular weight excluding hydrogens is 720 g/mol. The Kier molecular flexibility index (Phi) is 12.8. The average Bonchev–Trinajstić information content (AvgIpc) is 3.34. The van der Waals surface area contributed by atoms with E-state index in [2.05, 4.69) is 120 Å². The summed E-state index contributed by atoms with van der Waals surface area (Å²) in [6.45, 7) is 29.4. The van der Waals surface area contributed by atoms with Crippen molar-refractivity contribution >= 4 is 28.0 Å². The predicted octanol–water partition coefficient (Wildman–Crippen LogP) is 5.10. The van der Waals surface area contributed by atoms with Crippen LogP contribution >= 0.6 is 15.8 Å². The zero-order chi connectivity index (χ0) is 27.3. The van der Waals surface area contributed by atoms with Gasteiger partial charge in [0.15, 0.2) is 0 Å². The predicted molar refractivity (Wildman–Crippen MR) is 168 cm³/mol. The third-order valence-corrected chi connectivity index (χ3v) is 23.2. The van der Waals surface area contributed by atoms with Crippen LogP contribution in [0.4, 0.5) is 0 Å². The van der Waals surface area contributed by atoms with Crippen LogP contribution in [0.25, 0.3) is 12.2 Å². The minimum absolute atomic E-state index is 0. The Morgan fingerprint density at radius 2 is 0.795 bits per heavy atom. The van der Waals surface area contributed by atoms with Gasteiger partial charge < -0.3 is 24.8 Å². The molecule has 0 radical (unpaired) electrons. The normalized spacial score (nSPS) is 17.9. The number of benzene rings is 2. The van der Waals surface area contributed by atoms with E-state index in [0.717, 1.165) is 30.0 Å². The Morgan fingerprint density at radius 1 is 0.513 bits per heavy atom. The second kappa shape index (κ2) is 14.1. The zero-order valence-electron chi connectivity index (χ0n) is 26.1. The van der Waals surface area contributed by atoms with Gasteiger partial charge in [0.05, 0.1) is 0 Å². The molecule has 0 nitrogen and oxygen atoms in total. The van der Waals surface area contributed by atoms with E-state index in [9.17, 15) is 0 Å². The second-order valence-electron chi connectivity index (χ2n) is 12.4. The van der Waals surface area contributed by atoms with Crippen molar-refractivity contribution < 1.29 is 47.7 Å². The standard InChI is InChI=1S/2C17H24P.2ClH.Hf/c2*1-11(2)18(12(3)4)15-9-16-13(5)7-8-14(6)17(16)10-15;;;/h2*7-12H,1-6H3;2*1H;/q;;;;+2/p-2. The fourth-order valence-corrected chi connectivity index (χ4v) is 24.5. The first kappa shape index (κ1) is 35.4. The van der Waals surface area contributed by atoms with Crippen LogP contribution < -0.4 is 24.8 Å². The summed E-state index contributed by atoms with van der Waals surface area (Å²) in [5.74, 6) is 0. The Hall–Kier alpha value is 0.230. The van der Waals surface area contributed by atoms with E-state index < -0.39 is 22.9 Å². The molecule has 39 heavy (non-hydrogen) atoms. The van der Waals surface area contributed by atoms with Crippen molar-refractivity contribution in [1.82, 2.24) is 0 Å². The van der Waals surface area contributed by atoms with Crippen molar-refractivity contribution in [2.45, 2.75) is 113 Å². The van der Waals surface area contributed by atoms with Gasteiger partial charge in [-0.05, 0) is 0 Å². The van der Waals surface area contributed by atoms with Gasteiger partial charge in [0, 0.05) is 0 Å². The topological polar surface area (TPSA) is 0 Å². The Balaban J connectivity index is 0.00000267. The summed E-state index contributed by atoms with van der Waals surface area (Å²) in [5, 5.41) is 3.71. The third kappa shape index (κ3) is 6.75. The first-order chi connectivity index (χ1) is 17.3. The van der Waals surface area contributed by atoms with E-state index in [1.165, 1.54) is 22.3 Å². The van der Waals surface area contributed by atoms with Crippen LogP contribution in [-0.2, 0) is 22.9 Å². The quantitative estimate of drug-likeness (QED) is 0.260. The van der Waals surface area contributed by atoms with Gasteiger partial charge in [-0.25, -0.2) is 0 Å². The summed E-state index contributed by atoms with van der Waals surface area (Å²) in [4.78, 5) is 0. The zero-order valence-corrected chi connectivity index (χ0v) is 33.0. The first-order valence-electron chi connectivity index (χ1n) is 14.3. The number of hydrogen-bond acceptors (Lipinski definition) is 0. The minimum Gasteiger partial charge on any atom is -1.00 e. The average molecular weight is 768 g/mol. The monoisotopic (exact) mass is 768 g/mol. The van der Waals surface area contributed by atoms with Crippen molar-refractivity contribution in [3.05, 3.63) is 79.4 Å². The van der Waals surface area contributed by atoms with Gasteiger partial charge in [0.1, 0.15) is 0 Å². The molecule has 0 aromatic heterocycles. The number of halogens is 2. The second-order valence-corrected chi connectivity index (χ2v) is 24.6. The molecule has 0 saturated carbocycles. The molecule has 0 saturated heterocycles. The fourth-order valence-electron chi connectivity index (χ4n) is 6.95. The first-order valence-corrected chi connectivity index (χ1v) is 21.4. The number of rotatable bonds is 8. The van der Waals surface area contributed by atoms with Crippen LogP contribution in [0.5, 0.6) is 0 Å². The van der Waals surface area contributed by atoms with Crippen LogP contribution in [0.15, 0.2) is 34.9 Å². The molecule has 5 heteroatoms. The van der Waals surface area contributed by atoms with Crippen LogP contribution in [-0.4, -0.2) is 22.6 Å². The molecule has 212 valence electrons. The molecule has 2 unspecified atom stereocenters. The maximum absolute atomic E-state index is 2.71. The molecule has 2 aromatic carbocycles. The summed E-state index contributed by atoms with van der Waals surface area (Å²) >= 11 is -1.25. The summed E-state index contributed by atoms with van der Waals surface area (Å²) in [7, 11) is -0.301. The van der Waals surface area contributed by atoms with Crippen LogP contribution in [0, 0.1) is 27.7 Å². The van der Waals surface area contributed by atoms with Gasteiger partial charge in [-0.15, -0.1) is 0 Å². The molecule has 0 heterocycles. The number of hydrogen-bond donors (Lipinski definition) is 0. The molecule has 2 atom stereocenters. The summed E-state index contributed by atoms with van der Waals surface area (Å²) in [6, 6.07) is 9.56. The summed E-state index contributed by atoms with van der Waals surface area (Å²) < 4.78 is 1.45.